The summed E-state index contributed by atoms with van der Waals surface area (Å²) in [5.74, 6) is -4.09. The van der Waals surface area contributed by atoms with Gasteiger partial charge in [0.05, 0.1) is 16.7 Å². The normalized spacial score (nSPS) is 14.9. The Labute approximate surface area is 366 Å². The van der Waals surface area contributed by atoms with E-state index in [-0.39, 0.29) is 5.69 Å². The van der Waals surface area contributed by atoms with E-state index in [1.54, 1.807) is 4.57 Å². The number of allylic oxidation sites excluding steroid dienone is 6. The molecule has 2 aromatic heterocycles. The summed E-state index contributed by atoms with van der Waals surface area (Å²) < 4.78 is 4.11. The molecule has 0 radical (unpaired) electrons. The van der Waals surface area contributed by atoms with Gasteiger partial charge in [-0.15, -0.1) is 0 Å². The summed E-state index contributed by atoms with van der Waals surface area (Å²) in [5, 5.41) is 55.0. The van der Waals surface area contributed by atoms with Crippen LogP contribution >= 0.6 is 0 Å². The zero-order chi connectivity index (χ0) is 43.9. The molecule has 8 aromatic rings. The van der Waals surface area contributed by atoms with Crippen LogP contribution < -0.4 is 4.90 Å². The van der Waals surface area contributed by atoms with E-state index < -0.39 is 28.7 Å². The average Bonchev–Trinajstić information content (AvgIpc) is 3.83. The number of rotatable bonds is 3. The summed E-state index contributed by atoms with van der Waals surface area (Å²) in [7, 11) is 0. The fourth-order valence-electron chi connectivity index (χ4n) is 9.18. The molecule has 0 atom stereocenters. The first-order chi connectivity index (χ1) is 30.7. The molecule has 2 aliphatic carbocycles. The van der Waals surface area contributed by atoms with Gasteiger partial charge in [0.1, 0.15) is 5.69 Å². The quantitative estimate of drug-likeness (QED) is 0.0895. The second-order valence-corrected chi connectivity index (χ2v) is 15.7. The number of hydrogen-bond donors (Lipinski definition) is 5. The SMILES string of the molecule is C=C1/C=C\C=C/N(c2ccc(-n3c4c(c5ccc6ccccc6c53)C=CCC4)cc2)c2ccccc21.CC.CC1=Cc2c(n(-c3c(O)c(O)c(O)c(O)c3O)c3ccccc23)CC1. The Balaban J connectivity index is 0.000000164. The van der Waals surface area contributed by atoms with Crippen molar-refractivity contribution in [1.82, 2.24) is 9.13 Å². The van der Waals surface area contributed by atoms with Crippen LogP contribution in [0.2, 0.25) is 0 Å². The minimum Gasteiger partial charge on any atom is -0.503 e. The Morgan fingerprint density at radius 2 is 1.21 bits per heavy atom. The predicted molar refractivity (Wildman–Crippen MR) is 259 cm³/mol. The summed E-state index contributed by atoms with van der Waals surface area (Å²) >= 11 is 0. The number of hydrogen-bond acceptors (Lipinski definition) is 6. The van der Waals surface area contributed by atoms with Crippen molar-refractivity contribution in [2.45, 2.75) is 46.5 Å². The molecule has 3 heterocycles. The predicted octanol–water partition coefficient (Wildman–Crippen LogP) is 13.5. The van der Waals surface area contributed by atoms with Crippen LogP contribution in [0.3, 0.4) is 0 Å². The number of aromatic hydroxyl groups is 5. The molecule has 0 unspecified atom stereocenters. The van der Waals surface area contributed by atoms with Gasteiger partial charge in [-0.25, -0.2) is 0 Å². The standard InChI is InChI=1S/C34H26N2.C19H17NO5.C2H6/c1-24-10-8-9-23-35(32-15-6-4-12-28(24)32)26-18-20-27(21-19-26)36-33-16-7-5-14-30(33)31-22-17-25-11-2-3-13-29(25)34(31)36;1-9-6-7-13-11(8-9)10-4-2-3-5-12(10)20(13)14-15(21)17(23)19(25)18(24)16(14)22;1-2/h2-6,8-15,17-23H,1,7,16H2;2-5,8,21-25H,6-7H2,1H3;1-2H3/b10-8-,23-9-;;. The molecule has 0 fully saturated rings. The van der Waals surface area contributed by atoms with Crippen molar-refractivity contribution in [2.75, 3.05) is 4.90 Å². The van der Waals surface area contributed by atoms with Gasteiger partial charge in [-0.3, -0.25) is 0 Å². The van der Waals surface area contributed by atoms with Gasteiger partial charge < -0.3 is 39.6 Å². The van der Waals surface area contributed by atoms with E-state index in [2.05, 4.69) is 144 Å². The van der Waals surface area contributed by atoms with E-state index in [1.807, 2.05) is 45.0 Å². The third-order valence-corrected chi connectivity index (χ3v) is 12.1. The van der Waals surface area contributed by atoms with Crippen LogP contribution in [-0.2, 0) is 12.8 Å². The highest BCUT2D eigenvalue weighted by Crippen LogP contribution is 2.54. The minimum absolute atomic E-state index is 0.154. The Morgan fingerprint density at radius 1 is 0.556 bits per heavy atom. The lowest BCUT2D eigenvalue weighted by Gasteiger charge is -2.25. The summed E-state index contributed by atoms with van der Waals surface area (Å²) in [4.78, 5) is 2.25. The van der Waals surface area contributed by atoms with Crippen LogP contribution in [0, 0.1) is 0 Å². The van der Waals surface area contributed by atoms with E-state index >= 15 is 0 Å². The molecule has 5 N–H and O–H groups in total. The average molecular weight is 832 g/mol. The van der Waals surface area contributed by atoms with Gasteiger partial charge in [-0.1, -0.05) is 129 Å². The molecule has 3 aliphatic rings. The lowest BCUT2D eigenvalue weighted by atomic mass is 9.97. The van der Waals surface area contributed by atoms with Crippen molar-refractivity contribution in [3.8, 4) is 40.1 Å². The van der Waals surface area contributed by atoms with E-state index in [1.165, 1.54) is 44.2 Å². The van der Waals surface area contributed by atoms with Crippen LogP contribution in [0.25, 0.3) is 61.7 Å². The molecule has 8 nitrogen and oxygen atoms in total. The van der Waals surface area contributed by atoms with Gasteiger partial charge in [0, 0.05) is 61.8 Å². The molecule has 0 spiro atoms. The summed E-state index contributed by atoms with van der Waals surface area (Å²) in [6.07, 6.45) is 18.6. The van der Waals surface area contributed by atoms with Gasteiger partial charge in [0.2, 0.25) is 17.2 Å². The smallest absolute Gasteiger partial charge is 0.208 e. The van der Waals surface area contributed by atoms with E-state index in [4.69, 9.17) is 0 Å². The maximum Gasteiger partial charge on any atom is 0.208 e. The van der Waals surface area contributed by atoms with Crippen LogP contribution in [0.1, 0.15) is 61.7 Å². The second kappa shape index (κ2) is 16.6. The van der Waals surface area contributed by atoms with Gasteiger partial charge in [-0.05, 0) is 86.0 Å². The van der Waals surface area contributed by atoms with Crippen molar-refractivity contribution in [3.63, 3.8) is 0 Å². The summed E-state index contributed by atoms with van der Waals surface area (Å²) in [6, 6.07) is 38.2. The number of phenols is 5. The number of nitrogens with zero attached hydrogens (tertiary/aromatic N) is 3. The molecule has 1 aliphatic heterocycles. The highest BCUT2D eigenvalue weighted by atomic mass is 16.4. The molecule has 314 valence electrons. The topological polar surface area (TPSA) is 114 Å². The maximum atomic E-state index is 10.4. The number of aromatic nitrogens is 2. The molecular weight excluding hydrogens is 783 g/mol. The van der Waals surface area contributed by atoms with Crippen LogP contribution in [0.15, 0.2) is 152 Å². The largest absolute Gasteiger partial charge is 0.503 e. The third kappa shape index (κ3) is 6.80. The fourth-order valence-corrected chi connectivity index (χ4v) is 9.18. The Bertz CT molecular complexity index is 3200. The van der Waals surface area contributed by atoms with Crippen molar-refractivity contribution in [2.24, 2.45) is 0 Å². The number of fused-ring (bicyclic) bond motifs is 9. The van der Waals surface area contributed by atoms with Gasteiger partial charge in [0.15, 0.2) is 11.5 Å². The fraction of sp³-hybridized carbons (Fsp3) is 0.127. The van der Waals surface area contributed by atoms with Crippen LogP contribution in [-0.4, -0.2) is 34.7 Å². The Kier molecular flexibility index (Phi) is 10.7. The molecule has 0 saturated heterocycles. The molecule has 8 heteroatoms. The van der Waals surface area contributed by atoms with Gasteiger partial charge in [0.25, 0.3) is 0 Å². The summed E-state index contributed by atoms with van der Waals surface area (Å²) in [5.41, 5.74) is 13.3. The Hall–Kier alpha value is -7.84. The first-order valence-corrected chi connectivity index (χ1v) is 21.4. The first-order valence-electron chi connectivity index (χ1n) is 21.4. The van der Waals surface area contributed by atoms with Crippen LogP contribution in [0.5, 0.6) is 28.7 Å². The van der Waals surface area contributed by atoms with E-state index in [9.17, 15) is 25.5 Å². The van der Waals surface area contributed by atoms with Crippen LogP contribution in [0.4, 0.5) is 11.4 Å². The van der Waals surface area contributed by atoms with E-state index in [0.717, 1.165) is 58.4 Å². The number of anilines is 2. The van der Waals surface area contributed by atoms with Crippen molar-refractivity contribution < 1.29 is 25.5 Å². The highest BCUT2D eigenvalue weighted by molar-refractivity contribution is 6.10. The molecule has 63 heavy (non-hydrogen) atoms. The number of benzene rings is 6. The number of para-hydroxylation sites is 2. The van der Waals surface area contributed by atoms with Crippen molar-refractivity contribution >= 4 is 61.7 Å². The molecule has 11 rings (SSSR count). The maximum absolute atomic E-state index is 10.4. The van der Waals surface area contributed by atoms with Gasteiger partial charge >= 0.3 is 0 Å². The third-order valence-electron chi connectivity index (χ3n) is 12.1. The van der Waals surface area contributed by atoms with Crippen molar-refractivity contribution in [3.05, 3.63) is 180 Å². The molecule has 0 saturated carbocycles. The summed E-state index contributed by atoms with van der Waals surface area (Å²) in [6.45, 7) is 10.3. The molecular formula is C55H49N3O5. The molecule has 0 amide bonds. The molecule has 6 aromatic carbocycles. The van der Waals surface area contributed by atoms with Crippen molar-refractivity contribution in [1.29, 1.82) is 0 Å². The second-order valence-electron chi connectivity index (χ2n) is 15.7. The zero-order valence-electron chi connectivity index (χ0n) is 35.5. The first kappa shape index (κ1) is 40.6. The number of phenolic OH excluding ortho intramolecular Hbond substituents is 5. The monoisotopic (exact) mass is 831 g/mol. The zero-order valence-corrected chi connectivity index (χ0v) is 35.5. The Morgan fingerprint density at radius 3 is 1.98 bits per heavy atom. The minimum atomic E-state index is -0.959. The lowest BCUT2D eigenvalue weighted by molar-refractivity contribution is 0.327. The van der Waals surface area contributed by atoms with Gasteiger partial charge in [-0.2, -0.15) is 0 Å². The lowest BCUT2D eigenvalue weighted by Crippen LogP contribution is -2.11. The van der Waals surface area contributed by atoms with E-state index in [0.29, 0.717) is 11.9 Å². The molecule has 0 bridgehead atoms. The highest BCUT2D eigenvalue weighted by Gasteiger charge is 2.29.